The first-order valence-corrected chi connectivity index (χ1v) is 8.03. The highest BCUT2D eigenvalue weighted by Crippen LogP contribution is 2.20. The van der Waals surface area contributed by atoms with Gasteiger partial charge >= 0.3 is 5.97 Å². The predicted molar refractivity (Wildman–Crippen MR) is 95.8 cm³/mol. The zero-order valence-electron chi connectivity index (χ0n) is 13.7. The highest BCUT2D eigenvalue weighted by molar-refractivity contribution is 6.31. The van der Waals surface area contributed by atoms with Crippen molar-refractivity contribution in [3.05, 3.63) is 58.9 Å². The second-order valence-electron chi connectivity index (χ2n) is 5.64. The van der Waals surface area contributed by atoms with Crippen LogP contribution in [0.2, 0.25) is 5.02 Å². The number of H-pyrrole nitrogens is 1. The van der Waals surface area contributed by atoms with Gasteiger partial charge in [-0.15, -0.1) is 0 Å². The second-order valence-corrected chi connectivity index (χ2v) is 6.04. The zero-order chi connectivity index (χ0) is 18.0. The summed E-state index contributed by atoms with van der Waals surface area (Å²) in [6, 6.07) is 10.1. The number of ether oxygens (including phenoxy) is 1. The number of benzene rings is 2. The number of hydrogen-bond donors (Lipinski definition) is 2. The van der Waals surface area contributed by atoms with E-state index >= 15 is 0 Å². The molecule has 128 valence electrons. The number of fused-ring (bicyclic) bond motifs is 1. The van der Waals surface area contributed by atoms with Gasteiger partial charge in [0.2, 0.25) is 0 Å². The van der Waals surface area contributed by atoms with Crippen LogP contribution in [-0.2, 0) is 9.53 Å². The molecular weight excluding hydrogens is 342 g/mol. The van der Waals surface area contributed by atoms with E-state index in [2.05, 4.69) is 15.3 Å². The number of aryl methyl sites for hydroxylation is 1. The Bertz CT molecular complexity index is 952. The monoisotopic (exact) mass is 357 g/mol. The first-order chi connectivity index (χ1) is 11.9. The number of imidazole rings is 1. The second kappa shape index (κ2) is 6.94. The molecule has 25 heavy (non-hydrogen) atoms. The van der Waals surface area contributed by atoms with Gasteiger partial charge in [-0.25, -0.2) is 9.78 Å². The Kier molecular flexibility index (Phi) is 4.72. The van der Waals surface area contributed by atoms with Crippen LogP contribution in [0.4, 0.5) is 5.69 Å². The summed E-state index contributed by atoms with van der Waals surface area (Å²) in [5, 5.41) is 3.23. The number of hydrogen-bond acceptors (Lipinski definition) is 4. The molecule has 2 aromatic carbocycles. The van der Waals surface area contributed by atoms with Crippen molar-refractivity contribution in [1.29, 1.82) is 0 Å². The number of rotatable bonds is 4. The summed E-state index contributed by atoms with van der Waals surface area (Å²) in [7, 11) is 0. The molecule has 7 heteroatoms. The molecule has 1 heterocycles. The number of aromatic nitrogens is 2. The van der Waals surface area contributed by atoms with Gasteiger partial charge in [0, 0.05) is 10.7 Å². The number of amides is 1. The van der Waals surface area contributed by atoms with Gasteiger partial charge in [-0.2, -0.15) is 0 Å². The largest absolute Gasteiger partial charge is 0.449 e. The van der Waals surface area contributed by atoms with Gasteiger partial charge in [0.15, 0.2) is 6.10 Å². The number of nitrogens with one attached hydrogen (secondary N) is 2. The van der Waals surface area contributed by atoms with Gasteiger partial charge in [0.05, 0.1) is 22.9 Å². The Hall–Kier alpha value is -2.86. The third kappa shape index (κ3) is 3.80. The van der Waals surface area contributed by atoms with Crippen LogP contribution in [0.5, 0.6) is 0 Å². The smallest absolute Gasteiger partial charge is 0.338 e. The van der Waals surface area contributed by atoms with Gasteiger partial charge in [-0.05, 0) is 49.7 Å². The van der Waals surface area contributed by atoms with Crippen molar-refractivity contribution in [2.24, 2.45) is 0 Å². The Morgan fingerprint density at radius 3 is 2.80 bits per heavy atom. The lowest BCUT2D eigenvalue weighted by Gasteiger charge is -2.14. The van der Waals surface area contributed by atoms with E-state index in [-0.39, 0.29) is 0 Å². The molecule has 0 spiro atoms. The molecular formula is C18H16ClN3O3. The topological polar surface area (TPSA) is 84.1 Å². The van der Waals surface area contributed by atoms with Gasteiger partial charge in [-0.3, -0.25) is 4.79 Å². The first-order valence-electron chi connectivity index (χ1n) is 7.65. The van der Waals surface area contributed by atoms with E-state index in [1.165, 1.54) is 6.92 Å². The van der Waals surface area contributed by atoms with E-state index in [9.17, 15) is 9.59 Å². The van der Waals surface area contributed by atoms with Gasteiger partial charge in [-0.1, -0.05) is 17.7 Å². The maximum Gasteiger partial charge on any atom is 0.338 e. The van der Waals surface area contributed by atoms with Gasteiger partial charge in [0.1, 0.15) is 0 Å². The maximum absolute atomic E-state index is 12.2. The summed E-state index contributed by atoms with van der Waals surface area (Å²) >= 11 is 6.03. The standard InChI is InChI=1S/C18H16ClN3O3/c1-10-3-5-13(8-14(10)19)22-17(23)11(2)25-18(24)12-4-6-15-16(7-12)21-9-20-15/h3-9,11H,1-2H3,(H,20,21)(H,22,23). The Morgan fingerprint density at radius 2 is 2.04 bits per heavy atom. The number of anilines is 1. The summed E-state index contributed by atoms with van der Waals surface area (Å²) in [6.45, 7) is 3.38. The fourth-order valence-electron chi connectivity index (χ4n) is 2.26. The van der Waals surface area contributed by atoms with E-state index in [1.54, 1.807) is 42.7 Å². The lowest BCUT2D eigenvalue weighted by atomic mass is 10.2. The third-order valence-corrected chi connectivity index (χ3v) is 4.16. The Balaban J connectivity index is 1.65. The molecule has 0 saturated heterocycles. The predicted octanol–water partition coefficient (Wildman–Crippen LogP) is 3.71. The molecule has 1 atom stereocenters. The normalized spacial score (nSPS) is 12.0. The molecule has 6 nitrogen and oxygen atoms in total. The number of halogens is 1. The summed E-state index contributed by atoms with van der Waals surface area (Å²) in [6.07, 6.45) is 0.591. The van der Waals surface area contributed by atoms with E-state index in [0.29, 0.717) is 16.3 Å². The number of carbonyl (C=O) groups is 2. The van der Waals surface area contributed by atoms with Crippen molar-refractivity contribution in [3.63, 3.8) is 0 Å². The molecule has 0 bridgehead atoms. The van der Waals surface area contributed by atoms with Crippen LogP contribution in [0.1, 0.15) is 22.8 Å². The van der Waals surface area contributed by atoms with E-state index in [0.717, 1.165) is 16.6 Å². The van der Waals surface area contributed by atoms with Crippen LogP contribution in [0, 0.1) is 6.92 Å². The molecule has 0 aliphatic rings. The first kappa shape index (κ1) is 17.0. The van der Waals surface area contributed by atoms with Gasteiger partial charge < -0.3 is 15.0 Å². The zero-order valence-corrected chi connectivity index (χ0v) is 14.4. The molecule has 1 amide bonds. The van der Waals surface area contributed by atoms with Crippen molar-refractivity contribution in [3.8, 4) is 0 Å². The molecule has 2 N–H and O–H groups in total. The molecule has 0 saturated carbocycles. The fraction of sp³-hybridized carbons (Fsp3) is 0.167. The van der Waals surface area contributed by atoms with Gasteiger partial charge in [0.25, 0.3) is 5.91 Å². The molecule has 0 aliphatic carbocycles. The number of esters is 1. The lowest BCUT2D eigenvalue weighted by molar-refractivity contribution is -0.123. The highest BCUT2D eigenvalue weighted by atomic mass is 35.5. The van der Waals surface area contributed by atoms with Crippen molar-refractivity contribution >= 4 is 40.2 Å². The molecule has 3 aromatic rings. The van der Waals surface area contributed by atoms with E-state index in [1.807, 2.05) is 6.92 Å². The minimum Gasteiger partial charge on any atom is -0.449 e. The van der Waals surface area contributed by atoms with Crippen LogP contribution >= 0.6 is 11.6 Å². The minimum atomic E-state index is -0.954. The number of aromatic amines is 1. The van der Waals surface area contributed by atoms with E-state index < -0.39 is 18.0 Å². The Morgan fingerprint density at radius 1 is 1.24 bits per heavy atom. The fourth-order valence-corrected chi connectivity index (χ4v) is 2.44. The third-order valence-electron chi connectivity index (χ3n) is 3.75. The molecule has 0 radical (unpaired) electrons. The molecule has 1 unspecified atom stereocenters. The summed E-state index contributed by atoms with van der Waals surface area (Å²) in [4.78, 5) is 31.4. The van der Waals surface area contributed by atoms with E-state index in [4.69, 9.17) is 16.3 Å². The van der Waals surface area contributed by atoms with Crippen LogP contribution in [-0.4, -0.2) is 27.9 Å². The minimum absolute atomic E-state index is 0.342. The molecule has 0 fully saturated rings. The van der Waals surface area contributed by atoms with Crippen LogP contribution in [0.3, 0.4) is 0 Å². The summed E-state index contributed by atoms with van der Waals surface area (Å²) in [5.74, 6) is -1.02. The van der Waals surface area contributed by atoms with Crippen LogP contribution in [0.25, 0.3) is 11.0 Å². The van der Waals surface area contributed by atoms with Crippen molar-refractivity contribution in [2.45, 2.75) is 20.0 Å². The average molecular weight is 358 g/mol. The average Bonchev–Trinajstić information content (AvgIpc) is 3.05. The Labute approximate surface area is 149 Å². The number of carbonyl (C=O) groups excluding carboxylic acids is 2. The maximum atomic E-state index is 12.2. The molecule has 1 aromatic heterocycles. The van der Waals surface area contributed by atoms with Crippen LogP contribution < -0.4 is 5.32 Å². The SMILES string of the molecule is Cc1ccc(NC(=O)C(C)OC(=O)c2ccc3nc[nH]c3c2)cc1Cl. The summed E-state index contributed by atoms with van der Waals surface area (Å²) < 4.78 is 5.23. The lowest BCUT2D eigenvalue weighted by Crippen LogP contribution is -2.30. The quantitative estimate of drug-likeness (QED) is 0.697. The highest BCUT2D eigenvalue weighted by Gasteiger charge is 2.19. The number of nitrogens with zero attached hydrogens (tertiary/aromatic N) is 1. The van der Waals surface area contributed by atoms with Crippen molar-refractivity contribution < 1.29 is 14.3 Å². The van der Waals surface area contributed by atoms with Crippen molar-refractivity contribution in [1.82, 2.24) is 9.97 Å². The summed E-state index contributed by atoms with van der Waals surface area (Å²) in [5.41, 5.74) is 3.27. The van der Waals surface area contributed by atoms with Crippen molar-refractivity contribution in [2.75, 3.05) is 5.32 Å². The molecule has 3 rings (SSSR count). The molecule has 0 aliphatic heterocycles. The van der Waals surface area contributed by atoms with Crippen LogP contribution in [0.15, 0.2) is 42.7 Å².